The summed E-state index contributed by atoms with van der Waals surface area (Å²) in [4.78, 5) is 4.81. The molecule has 3 nitrogen and oxygen atoms in total. The van der Waals surface area contributed by atoms with Crippen molar-refractivity contribution in [3.63, 3.8) is 0 Å². The van der Waals surface area contributed by atoms with E-state index in [0.29, 0.717) is 5.90 Å². The monoisotopic (exact) mass is 315 g/mol. The van der Waals surface area contributed by atoms with Crippen LogP contribution < -0.4 is 0 Å². The molecule has 0 radical (unpaired) electrons. The number of phenols is 1. The molecule has 24 heavy (non-hydrogen) atoms. The number of aliphatic imine (C=N–C) groups is 1. The van der Waals surface area contributed by atoms with Crippen LogP contribution in [0.2, 0.25) is 0 Å². The first-order chi connectivity index (χ1) is 11.8. The Morgan fingerprint density at radius 2 is 1.42 bits per heavy atom. The second kappa shape index (κ2) is 6.20. The second-order valence-electron chi connectivity index (χ2n) is 5.79. The van der Waals surface area contributed by atoms with Crippen LogP contribution in [0.15, 0.2) is 89.9 Å². The summed E-state index contributed by atoms with van der Waals surface area (Å²) in [6, 6.07) is 27.2. The van der Waals surface area contributed by atoms with E-state index < -0.39 is 0 Å². The van der Waals surface area contributed by atoms with Crippen LogP contribution in [0.1, 0.15) is 28.8 Å². The van der Waals surface area contributed by atoms with Gasteiger partial charge in [-0.15, -0.1) is 0 Å². The van der Waals surface area contributed by atoms with Gasteiger partial charge in [-0.25, -0.2) is 4.99 Å². The molecule has 118 valence electrons. The second-order valence-corrected chi connectivity index (χ2v) is 5.79. The van der Waals surface area contributed by atoms with Gasteiger partial charge in [-0.3, -0.25) is 0 Å². The van der Waals surface area contributed by atoms with E-state index in [2.05, 4.69) is 24.3 Å². The van der Waals surface area contributed by atoms with Gasteiger partial charge in [0.05, 0.1) is 0 Å². The third-order valence-electron chi connectivity index (χ3n) is 4.14. The average Bonchev–Trinajstić information content (AvgIpc) is 3.09. The van der Waals surface area contributed by atoms with Gasteiger partial charge < -0.3 is 9.84 Å². The molecule has 1 aliphatic heterocycles. The summed E-state index contributed by atoms with van der Waals surface area (Å²) in [5, 5.41) is 9.73. The summed E-state index contributed by atoms with van der Waals surface area (Å²) in [5.41, 5.74) is 2.99. The van der Waals surface area contributed by atoms with E-state index in [1.807, 2.05) is 42.5 Å². The zero-order chi connectivity index (χ0) is 16.4. The van der Waals surface area contributed by atoms with Gasteiger partial charge in [0.15, 0.2) is 6.10 Å². The highest BCUT2D eigenvalue weighted by molar-refractivity contribution is 5.95. The summed E-state index contributed by atoms with van der Waals surface area (Å²) >= 11 is 0. The van der Waals surface area contributed by atoms with Gasteiger partial charge in [-0.1, -0.05) is 66.7 Å². The van der Waals surface area contributed by atoms with E-state index in [1.165, 1.54) is 0 Å². The van der Waals surface area contributed by atoms with Crippen LogP contribution in [-0.4, -0.2) is 11.0 Å². The number of nitrogens with zero attached hydrogens (tertiary/aromatic N) is 1. The lowest BCUT2D eigenvalue weighted by Gasteiger charge is -2.18. The minimum absolute atomic E-state index is 0.106. The molecule has 0 bridgehead atoms. The number of hydrogen-bond donors (Lipinski definition) is 1. The lowest BCUT2D eigenvalue weighted by atomic mass is 9.97. The molecule has 0 unspecified atom stereocenters. The van der Waals surface area contributed by atoms with Crippen molar-refractivity contribution < 1.29 is 9.84 Å². The molecule has 3 aromatic carbocycles. The fourth-order valence-electron chi connectivity index (χ4n) is 2.98. The van der Waals surface area contributed by atoms with Crippen molar-refractivity contribution in [2.45, 2.75) is 12.1 Å². The molecule has 0 aliphatic carbocycles. The van der Waals surface area contributed by atoms with Gasteiger partial charge in [0.2, 0.25) is 5.90 Å². The fraction of sp³-hybridized carbons (Fsp3) is 0.0952. The van der Waals surface area contributed by atoms with E-state index in [1.54, 1.807) is 18.2 Å². The average molecular weight is 315 g/mol. The van der Waals surface area contributed by atoms with Crippen LogP contribution >= 0.6 is 0 Å². The predicted molar refractivity (Wildman–Crippen MR) is 94.1 cm³/mol. The normalized spacial score (nSPS) is 19.6. The van der Waals surface area contributed by atoms with E-state index in [-0.39, 0.29) is 17.9 Å². The molecule has 1 aliphatic rings. The first kappa shape index (κ1) is 14.5. The maximum atomic E-state index is 9.73. The predicted octanol–water partition coefficient (Wildman–Crippen LogP) is 4.65. The summed E-state index contributed by atoms with van der Waals surface area (Å²) < 4.78 is 6.19. The standard InChI is InChI=1S/C21H17NO2/c23-18-13-7-12-17(14-18)21-22-19(15-8-3-1-4-9-15)20(24-21)16-10-5-2-6-11-16/h1-14,19-20,23H/t19-,20-/m1/s1. The molecule has 0 saturated carbocycles. The Labute approximate surface area is 140 Å². The van der Waals surface area contributed by atoms with Crippen molar-refractivity contribution in [1.82, 2.24) is 0 Å². The zero-order valence-electron chi connectivity index (χ0n) is 13.0. The molecular weight excluding hydrogens is 298 g/mol. The van der Waals surface area contributed by atoms with Crippen molar-refractivity contribution in [2.75, 3.05) is 0 Å². The number of aromatic hydroxyl groups is 1. The molecule has 2 atom stereocenters. The lowest BCUT2D eigenvalue weighted by molar-refractivity contribution is 0.197. The van der Waals surface area contributed by atoms with Gasteiger partial charge in [0.1, 0.15) is 11.8 Å². The summed E-state index contributed by atoms with van der Waals surface area (Å²) in [6.45, 7) is 0. The van der Waals surface area contributed by atoms with Crippen LogP contribution in [0.3, 0.4) is 0 Å². The number of rotatable bonds is 3. The van der Waals surface area contributed by atoms with E-state index in [0.717, 1.165) is 16.7 Å². The summed E-state index contributed by atoms with van der Waals surface area (Å²) in [7, 11) is 0. The summed E-state index contributed by atoms with van der Waals surface area (Å²) in [6.07, 6.45) is -0.175. The Bertz CT molecular complexity index is 859. The van der Waals surface area contributed by atoms with Crippen molar-refractivity contribution in [3.05, 3.63) is 102 Å². The maximum absolute atomic E-state index is 9.73. The minimum atomic E-state index is -0.175. The minimum Gasteiger partial charge on any atom is -0.508 e. The molecular formula is C21H17NO2. The van der Waals surface area contributed by atoms with Crippen LogP contribution in [0, 0.1) is 0 Å². The third-order valence-corrected chi connectivity index (χ3v) is 4.14. The highest BCUT2D eigenvalue weighted by Gasteiger charge is 2.33. The highest BCUT2D eigenvalue weighted by atomic mass is 16.5. The first-order valence-electron chi connectivity index (χ1n) is 7.95. The molecule has 0 fully saturated rings. The fourth-order valence-corrected chi connectivity index (χ4v) is 2.98. The van der Waals surface area contributed by atoms with Crippen LogP contribution in [0.4, 0.5) is 0 Å². The Morgan fingerprint density at radius 3 is 2.08 bits per heavy atom. The Hall–Kier alpha value is -3.07. The number of phenolic OH excluding ortho intramolecular Hbond substituents is 1. The van der Waals surface area contributed by atoms with Crippen molar-refractivity contribution in [3.8, 4) is 5.75 Å². The van der Waals surface area contributed by atoms with Crippen LogP contribution in [0.25, 0.3) is 0 Å². The number of benzene rings is 3. The molecule has 0 spiro atoms. The van der Waals surface area contributed by atoms with Crippen LogP contribution in [0.5, 0.6) is 5.75 Å². The van der Waals surface area contributed by atoms with E-state index >= 15 is 0 Å². The van der Waals surface area contributed by atoms with E-state index in [9.17, 15) is 5.11 Å². The van der Waals surface area contributed by atoms with E-state index in [4.69, 9.17) is 9.73 Å². The quantitative estimate of drug-likeness (QED) is 0.764. The van der Waals surface area contributed by atoms with Crippen LogP contribution in [-0.2, 0) is 4.74 Å². The molecule has 1 N–H and O–H groups in total. The smallest absolute Gasteiger partial charge is 0.217 e. The van der Waals surface area contributed by atoms with Crippen molar-refractivity contribution in [1.29, 1.82) is 0 Å². The largest absolute Gasteiger partial charge is 0.508 e. The van der Waals surface area contributed by atoms with Gasteiger partial charge in [-0.2, -0.15) is 0 Å². The lowest BCUT2D eigenvalue weighted by Crippen LogP contribution is -2.09. The SMILES string of the molecule is Oc1cccc(C2=N[C@H](c3ccccc3)[C@@H](c3ccccc3)O2)c1. The van der Waals surface area contributed by atoms with Gasteiger partial charge in [0.25, 0.3) is 0 Å². The Kier molecular flexibility index (Phi) is 3.75. The molecule has 4 rings (SSSR count). The van der Waals surface area contributed by atoms with Crippen molar-refractivity contribution in [2.24, 2.45) is 4.99 Å². The Morgan fingerprint density at radius 1 is 0.750 bits per heavy atom. The zero-order valence-corrected chi connectivity index (χ0v) is 13.0. The topological polar surface area (TPSA) is 41.8 Å². The molecule has 1 heterocycles. The van der Waals surface area contributed by atoms with Gasteiger partial charge in [-0.05, 0) is 29.3 Å². The van der Waals surface area contributed by atoms with Crippen molar-refractivity contribution >= 4 is 5.90 Å². The maximum Gasteiger partial charge on any atom is 0.217 e. The molecule has 0 aromatic heterocycles. The van der Waals surface area contributed by atoms with Gasteiger partial charge >= 0.3 is 0 Å². The Balaban J connectivity index is 1.76. The first-order valence-corrected chi connectivity index (χ1v) is 7.95. The molecule has 3 aromatic rings. The summed E-state index contributed by atoms with van der Waals surface area (Å²) in [5.74, 6) is 0.770. The molecule has 3 heteroatoms. The number of ether oxygens (including phenoxy) is 1. The third kappa shape index (κ3) is 2.76. The molecule has 0 saturated heterocycles. The number of hydrogen-bond acceptors (Lipinski definition) is 3. The van der Waals surface area contributed by atoms with Gasteiger partial charge in [0, 0.05) is 5.56 Å². The molecule has 0 amide bonds. The highest BCUT2D eigenvalue weighted by Crippen LogP contribution is 2.41.